The molecule has 1 saturated heterocycles. The molecule has 4 fully saturated rings. The second-order valence-electron chi connectivity index (χ2n) is 12.7. The van der Waals surface area contributed by atoms with Crippen LogP contribution in [0.4, 0.5) is 10.2 Å². The lowest BCUT2D eigenvalue weighted by Crippen LogP contribution is -2.45. The Bertz CT molecular complexity index is 1310. The molecule has 3 unspecified atom stereocenters. The van der Waals surface area contributed by atoms with Gasteiger partial charge in [0, 0.05) is 6.20 Å². The summed E-state index contributed by atoms with van der Waals surface area (Å²) >= 11 is 0. The summed E-state index contributed by atoms with van der Waals surface area (Å²) in [6, 6.07) is -1.03. The van der Waals surface area contributed by atoms with Gasteiger partial charge in [-0.15, -0.1) is 0 Å². The number of halogens is 1. The molecule has 0 spiro atoms. The lowest BCUT2D eigenvalue weighted by Gasteiger charge is -2.30. The predicted octanol–water partition coefficient (Wildman–Crippen LogP) is 2.79. The molecule has 0 aromatic carbocycles. The van der Waals surface area contributed by atoms with Gasteiger partial charge < -0.3 is 25.1 Å². The van der Waals surface area contributed by atoms with Crippen LogP contribution in [0.25, 0.3) is 0 Å². The Morgan fingerprint density at radius 1 is 1.09 bits per heavy atom. The molecule has 1 aliphatic heterocycles. The average molecular weight is 658 g/mol. The summed E-state index contributed by atoms with van der Waals surface area (Å²) in [7, 11) is -4.43. The molecule has 0 amide bonds. The fraction of sp³-hybridized carbons (Fsp3) is 0.793. The van der Waals surface area contributed by atoms with Gasteiger partial charge in [0.15, 0.2) is 18.0 Å². The molecule has 4 aliphatic rings. The van der Waals surface area contributed by atoms with Crippen LogP contribution in [0.1, 0.15) is 97.6 Å². The van der Waals surface area contributed by atoms with Crippen LogP contribution >= 0.6 is 7.67 Å². The molecule has 1 aromatic heterocycles. The second-order valence-corrected chi connectivity index (χ2v) is 14.5. The van der Waals surface area contributed by atoms with Crippen LogP contribution in [0.3, 0.4) is 0 Å². The summed E-state index contributed by atoms with van der Waals surface area (Å²) in [6.07, 6.45) is 4.26. The minimum Gasteiger partial charge on any atom is -0.461 e. The molecule has 0 radical (unpaired) electrons. The number of carbonyl (C=O) groups excluding carboxylic acids is 2. The fourth-order valence-electron chi connectivity index (χ4n) is 6.80. The first-order chi connectivity index (χ1) is 21.3. The van der Waals surface area contributed by atoms with E-state index in [1.165, 1.54) is 26.1 Å². The molecule has 3 saturated carbocycles. The summed E-state index contributed by atoms with van der Waals surface area (Å²) in [4.78, 5) is 42.0. The quantitative estimate of drug-likeness (QED) is 0.190. The van der Waals surface area contributed by atoms with Crippen molar-refractivity contribution in [1.29, 1.82) is 0 Å². The molecular weight excluding hydrogens is 612 g/mol. The minimum atomic E-state index is -4.43. The molecule has 1 aromatic rings. The minimum absolute atomic E-state index is 0.0147. The van der Waals surface area contributed by atoms with Gasteiger partial charge in [-0.1, -0.05) is 19.8 Å². The lowest BCUT2D eigenvalue weighted by molar-refractivity contribution is -0.152. The number of nitrogens with zero attached hydrogens (tertiary/aromatic N) is 2. The van der Waals surface area contributed by atoms with Crippen molar-refractivity contribution in [3.63, 3.8) is 0 Å². The largest absolute Gasteiger partial charge is 0.461 e. The zero-order chi connectivity index (χ0) is 32.6. The van der Waals surface area contributed by atoms with Crippen molar-refractivity contribution in [3.05, 3.63) is 22.7 Å². The first-order valence-electron chi connectivity index (χ1n) is 16.0. The van der Waals surface area contributed by atoms with Gasteiger partial charge in [0.25, 0.3) is 0 Å². The number of nitrogens with two attached hydrogens (primary N) is 1. The van der Waals surface area contributed by atoms with Crippen LogP contribution in [0.2, 0.25) is 0 Å². The van der Waals surface area contributed by atoms with E-state index in [9.17, 15) is 24.1 Å². The average Bonchev–Trinajstić information content (AvgIpc) is 3.41. The molecule has 5 N–H and O–H groups in total. The fourth-order valence-corrected chi connectivity index (χ4v) is 8.86. The van der Waals surface area contributed by atoms with E-state index in [0.29, 0.717) is 0 Å². The molecule has 7 atom stereocenters. The van der Waals surface area contributed by atoms with Crippen molar-refractivity contribution >= 4 is 25.4 Å². The van der Waals surface area contributed by atoms with E-state index in [0.717, 1.165) is 68.8 Å². The molecule has 16 heteroatoms. The highest BCUT2D eigenvalue weighted by Gasteiger charge is 2.89. The molecule has 0 bridgehead atoms. The molecule has 2 heterocycles. The zero-order valence-electron chi connectivity index (χ0n) is 26.0. The summed E-state index contributed by atoms with van der Waals surface area (Å²) in [6.45, 7) is 4.50. The number of aromatic nitrogens is 2. The monoisotopic (exact) mass is 657 g/mol. The Morgan fingerprint density at radius 3 is 2.04 bits per heavy atom. The smallest absolute Gasteiger partial charge is 0.351 e. The van der Waals surface area contributed by atoms with Gasteiger partial charge >= 0.3 is 25.3 Å². The van der Waals surface area contributed by atoms with E-state index in [1.807, 2.05) is 0 Å². The van der Waals surface area contributed by atoms with Gasteiger partial charge in [-0.2, -0.15) is 4.98 Å². The van der Waals surface area contributed by atoms with Crippen molar-refractivity contribution in [3.8, 4) is 0 Å². The Morgan fingerprint density at radius 2 is 1.60 bits per heavy atom. The van der Waals surface area contributed by atoms with E-state index >= 15 is 4.39 Å². The van der Waals surface area contributed by atoms with Gasteiger partial charge in [0.05, 0.1) is 0 Å². The number of anilines is 1. The number of nitrogens with one attached hydrogen (secondary N) is 2. The van der Waals surface area contributed by atoms with Crippen molar-refractivity contribution in [2.45, 2.75) is 145 Å². The van der Waals surface area contributed by atoms with Gasteiger partial charge in [-0.05, 0) is 77.7 Å². The Labute approximate surface area is 261 Å². The number of aliphatic hydroxyl groups is 1. The highest BCUT2D eigenvalue weighted by molar-refractivity contribution is 7.54. The van der Waals surface area contributed by atoms with Gasteiger partial charge in [-0.25, -0.2) is 19.4 Å². The highest BCUT2D eigenvalue weighted by Crippen LogP contribution is 2.69. The van der Waals surface area contributed by atoms with Crippen molar-refractivity contribution in [2.24, 2.45) is 0 Å². The van der Waals surface area contributed by atoms with E-state index in [2.05, 4.69) is 15.2 Å². The zero-order valence-corrected chi connectivity index (χ0v) is 26.9. The normalized spacial score (nSPS) is 33.0. The van der Waals surface area contributed by atoms with E-state index < -0.39 is 67.1 Å². The summed E-state index contributed by atoms with van der Waals surface area (Å²) < 4.78 is 54.4. The van der Waals surface area contributed by atoms with Crippen LogP contribution < -0.4 is 21.6 Å². The van der Waals surface area contributed by atoms with Crippen molar-refractivity contribution in [2.75, 3.05) is 5.73 Å². The van der Waals surface area contributed by atoms with Crippen LogP contribution in [0.15, 0.2) is 17.1 Å². The number of ether oxygens (including phenoxy) is 3. The van der Waals surface area contributed by atoms with Crippen LogP contribution in [-0.4, -0.2) is 74.4 Å². The first kappa shape index (κ1) is 33.9. The third-order valence-corrected chi connectivity index (χ3v) is 11.4. The Balaban J connectivity index is 1.34. The maximum atomic E-state index is 16.0. The number of carbonyl (C=O) groups is 2. The Hall–Kier alpha value is -2.42. The number of hydrogen-bond acceptors (Lipinski definition) is 11. The number of esters is 2. The van der Waals surface area contributed by atoms with Gasteiger partial charge in [0.2, 0.25) is 0 Å². The third kappa shape index (κ3) is 6.70. The molecule has 14 nitrogen and oxygen atoms in total. The third-order valence-electron chi connectivity index (χ3n) is 9.43. The molecule has 5 rings (SSSR count). The predicted molar refractivity (Wildman–Crippen MR) is 160 cm³/mol. The first-order valence-corrected chi connectivity index (χ1v) is 17.6. The highest BCUT2D eigenvalue weighted by atomic mass is 31.2. The van der Waals surface area contributed by atoms with Crippen molar-refractivity contribution in [1.82, 2.24) is 19.7 Å². The van der Waals surface area contributed by atoms with E-state index in [4.69, 9.17) is 24.5 Å². The van der Waals surface area contributed by atoms with E-state index in [-0.39, 0.29) is 24.4 Å². The van der Waals surface area contributed by atoms with Crippen molar-refractivity contribution < 1.29 is 42.4 Å². The maximum absolute atomic E-state index is 16.0. The van der Waals surface area contributed by atoms with Crippen LogP contribution in [0, 0.1) is 0 Å². The van der Waals surface area contributed by atoms with Crippen LogP contribution in [0.5, 0.6) is 0 Å². The molecule has 252 valence electrons. The Kier molecular flexibility index (Phi) is 10.1. The molecule has 3 aliphatic carbocycles. The molecular formula is C29H45FN5O9P. The summed E-state index contributed by atoms with van der Waals surface area (Å²) in [5.41, 5.74) is 0.664. The van der Waals surface area contributed by atoms with Gasteiger partial charge in [0.1, 0.15) is 41.8 Å². The number of alkyl halides is 1. The number of fused-ring (bicyclic) bond motifs is 1. The molecule has 45 heavy (non-hydrogen) atoms. The topological polar surface area (TPSA) is 193 Å². The number of hydrogen-bond donors (Lipinski definition) is 4. The lowest BCUT2D eigenvalue weighted by atomic mass is 9.98. The van der Waals surface area contributed by atoms with Crippen LogP contribution in [-0.2, 0) is 32.9 Å². The number of nitrogen functional groups attached to an aromatic ring is 1. The summed E-state index contributed by atoms with van der Waals surface area (Å²) in [5.74, 6) is -1.40. The number of rotatable bonds is 12. The van der Waals surface area contributed by atoms with E-state index in [1.54, 1.807) is 6.92 Å². The SMILES string of the molecule is CC[C@]12O[C@@H](n3ccc(N)nc3=O)[C@H](F)[C@@]1(O)C2OP(=O)(NC(C)C(=O)OC1CCCCC1)NC(C)C(=O)OC1CCCCC1. The summed E-state index contributed by atoms with van der Waals surface area (Å²) in [5, 5.41) is 16.8. The second kappa shape index (κ2) is 13.4. The van der Waals surface area contributed by atoms with Gasteiger partial charge in [-0.3, -0.25) is 23.2 Å². The maximum Gasteiger partial charge on any atom is 0.351 e. The standard InChI is InChI=1S/C29H45FN5O9P/c1-4-28-26(29(28,39)22(30)23(43-28)35-16-15-21(31)32-27(35)38)44-45(40,33-17(2)24(36)41-19-11-7-5-8-12-19)34-18(3)25(37)42-20-13-9-6-10-14-20/h15-20,22-23,26,39H,4-14H2,1-3H3,(H2,31,32,38)(H2,33,34,40)/t17?,18?,22-,23+,26?,28+,29+,45?/m0/s1.